The summed E-state index contributed by atoms with van der Waals surface area (Å²) in [6.07, 6.45) is 14.1. The number of unbranched alkanes of at least 4 members (excludes halogenated alkanes) is 5. The van der Waals surface area contributed by atoms with Gasteiger partial charge in [0.1, 0.15) is 0 Å². The summed E-state index contributed by atoms with van der Waals surface area (Å²) < 4.78 is 0. The highest BCUT2D eigenvalue weighted by atomic mass is 16.1. The van der Waals surface area contributed by atoms with Crippen molar-refractivity contribution in [3.05, 3.63) is 29.5 Å². The molecule has 0 bridgehead atoms. The van der Waals surface area contributed by atoms with Crippen LogP contribution in [0.4, 0.5) is 5.69 Å². The number of likely N-dealkylation sites (N-methyl/N-ethyl adjacent to an activating group) is 1. The van der Waals surface area contributed by atoms with Crippen molar-refractivity contribution in [3.63, 3.8) is 0 Å². The maximum Gasteiger partial charge on any atom is 0.155 e. The summed E-state index contributed by atoms with van der Waals surface area (Å²) in [7, 11) is 2.12. The SMILES string of the molecule is CCCCCCCCc1ccc2c3c(c[nH]c13)C[C@@H](CC)CC(=O)[C@H](C(C)C)N2C.O. The average molecular weight is 429 g/mol. The second-order valence-electron chi connectivity index (χ2n) is 9.77. The Kier molecular flexibility index (Phi) is 9.61. The van der Waals surface area contributed by atoms with E-state index in [1.807, 2.05) is 0 Å². The van der Waals surface area contributed by atoms with E-state index in [1.54, 1.807) is 0 Å². The molecule has 2 aromatic rings. The van der Waals surface area contributed by atoms with Crippen molar-refractivity contribution >= 4 is 22.4 Å². The van der Waals surface area contributed by atoms with Gasteiger partial charge in [0, 0.05) is 30.7 Å². The largest absolute Gasteiger partial charge is 0.412 e. The minimum atomic E-state index is -0.0486. The number of nitrogens with zero attached hydrogens (tertiary/aromatic N) is 1. The summed E-state index contributed by atoms with van der Waals surface area (Å²) >= 11 is 0. The molecule has 4 heteroatoms. The van der Waals surface area contributed by atoms with Crippen molar-refractivity contribution in [1.29, 1.82) is 0 Å². The molecule has 0 radical (unpaired) electrons. The molecule has 174 valence electrons. The third-order valence-electron chi connectivity index (χ3n) is 7.12. The van der Waals surface area contributed by atoms with E-state index in [2.05, 4.69) is 63.0 Å². The Bertz CT molecular complexity index is 839. The smallest absolute Gasteiger partial charge is 0.155 e. The zero-order valence-electron chi connectivity index (χ0n) is 20.4. The molecule has 1 aromatic carbocycles. The molecule has 1 aliphatic heterocycles. The molecule has 4 nitrogen and oxygen atoms in total. The molecule has 1 aromatic heterocycles. The number of hydrogen-bond acceptors (Lipinski definition) is 2. The Morgan fingerprint density at radius 2 is 1.77 bits per heavy atom. The van der Waals surface area contributed by atoms with Gasteiger partial charge in [-0.25, -0.2) is 0 Å². The van der Waals surface area contributed by atoms with Crippen LogP contribution in [0, 0.1) is 11.8 Å². The zero-order chi connectivity index (χ0) is 21.7. The molecule has 0 saturated heterocycles. The standard InChI is InChI=1S/C27H42N2O.H2O/c1-6-8-9-10-11-12-13-21-14-15-23-25-22(18-28-26(21)25)16-20(7-2)17-24(30)27(19(3)4)29(23)5;/h14-15,18-20,27-28H,6-13,16-17H2,1-5H3;1H2/t20-,27+;/m1./s1. The molecular weight excluding hydrogens is 384 g/mol. The van der Waals surface area contributed by atoms with Crippen LogP contribution in [0.25, 0.3) is 10.9 Å². The van der Waals surface area contributed by atoms with Crippen molar-refractivity contribution in [2.45, 2.75) is 97.9 Å². The van der Waals surface area contributed by atoms with Gasteiger partial charge in [0.2, 0.25) is 0 Å². The van der Waals surface area contributed by atoms with Gasteiger partial charge in [-0.05, 0) is 48.3 Å². The van der Waals surface area contributed by atoms with Crippen LogP contribution in [-0.4, -0.2) is 29.3 Å². The number of aromatic amines is 1. The third kappa shape index (κ3) is 5.71. The number of H-pyrrole nitrogens is 1. The number of nitrogens with one attached hydrogen (secondary N) is 1. The van der Waals surface area contributed by atoms with Crippen LogP contribution in [0.3, 0.4) is 0 Å². The molecule has 31 heavy (non-hydrogen) atoms. The summed E-state index contributed by atoms with van der Waals surface area (Å²) in [5.41, 5.74) is 5.34. The summed E-state index contributed by atoms with van der Waals surface area (Å²) in [4.78, 5) is 19.1. The number of anilines is 1. The number of benzene rings is 1. The van der Waals surface area contributed by atoms with Crippen LogP contribution in [0.15, 0.2) is 18.3 Å². The highest BCUT2D eigenvalue weighted by Crippen LogP contribution is 2.37. The van der Waals surface area contributed by atoms with E-state index >= 15 is 0 Å². The van der Waals surface area contributed by atoms with Gasteiger partial charge in [0.25, 0.3) is 0 Å². The third-order valence-corrected chi connectivity index (χ3v) is 7.12. The molecular formula is C27H44N2O2. The van der Waals surface area contributed by atoms with Crippen molar-refractivity contribution in [2.24, 2.45) is 11.8 Å². The number of hydrogen-bond donors (Lipinski definition) is 1. The van der Waals surface area contributed by atoms with Crippen LogP contribution in [0.5, 0.6) is 0 Å². The fraction of sp³-hybridized carbons (Fsp3) is 0.667. The topological polar surface area (TPSA) is 67.6 Å². The van der Waals surface area contributed by atoms with Crippen LogP contribution >= 0.6 is 0 Å². The first-order valence-electron chi connectivity index (χ1n) is 12.3. The van der Waals surface area contributed by atoms with Crippen LogP contribution in [0.1, 0.15) is 90.2 Å². The minimum Gasteiger partial charge on any atom is -0.412 e. The fourth-order valence-electron chi connectivity index (χ4n) is 5.38. The molecule has 3 N–H and O–H groups in total. The highest BCUT2D eigenvalue weighted by molar-refractivity contribution is 6.00. The molecule has 0 aliphatic carbocycles. The molecule has 2 heterocycles. The summed E-state index contributed by atoms with van der Waals surface area (Å²) in [5.74, 6) is 1.13. The lowest BCUT2D eigenvalue weighted by atomic mass is 9.88. The molecule has 1 aliphatic rings. The van der Waals surface area contributed by atoms with Crippen LogP contribution in [0.2, 0.25) is 0 Å². The van der Waals surface area contributed by atoms with E-state index in [-0.39, 0.29) is 11.5 Å². The van der Waals surface area contributed by atoms with Gasteiger partial charge in [-0.2, -0.15) is 0 Å². The average Bonchev–Trinajstić information content (AvgIpc) is 3.14. The van der Waals surface area contributed by atoms with E-state index in [0.29, 0.717) is 24.0 Å². The quantitative estimate of drug-likeness (QED) is 0.480. The fourth-order valence-corrected chi connectivity index (χ4v) is 5.38. The van der Waals surface area contributed by atoms with E-state index in [4.69, 9.17) is 0 Å². The van der Waals surface area contributed by atoms with Crippen molar-refractivity contribution in [2.75, 3.05) is 11.9 Å². The van der Waals surface area contributed by atoms with Gasteiger partial charge in [0.15, 0.2) is 5.78 Å². The van der Waals surface area contributed by atoms with Crippen molar-refractivity contribution < 1.29 is 10.3 Å². The van der Waals surface area contributed by atoms with E-state index in [1.165, 1.54) is 66.2 Å². The first kappa shape index (κ1) is 25.5. The summed E-state index contributed by atoms with van der Waals surface area (Å²) in [6, 6.07) is 4.53. The second kappa shape index (κ2) is 11.7. The van der Waals surface area contributed by atoms with Crippen molar-refractivity contribution in [1.82, 2.24) is 4.98 Å². The molecule has 0 fully saturated rings. The lowest BCUT2D eigenvalue weighted by Gasteiger charge is -2.32. The van der Waals surface area contributed by atoms with Gasteiger partial charge in [0.05, 0.1) is 11.6 Å². The van der Waals surface area contributed by atoms with Crippen LogP contribution < -0.4 is 4.90 Å². The first-order valence-corrected chi connectivity index (χ1v) is 12.3. The molecule has 0 saturated carbocycles. The maximum absolute atomic E-state index is 13.2. The predicted molar refractivity (Wildman–Crippen MR) is 133 cm³/mol. The molecule has 3 rings (SSSR count). The normalized spacial score (nSPS) is 19.3. The minimum absolute atomic E-state index is 0. The van der Waals surface area contributed by atoms with E-state index in [9.17, 15) is 4.79 Å². The van der Waals surface area contributed by atoms with Gasteiger partial charge >= 0.3 is 0 Å². The maximum atomic E-state index is 13.2. The Morgan fingerprint density at radius 3 is 2.45 bits per heavy atom. The van der Waals surface area contributed by atoms with E-state index in [0.717, 1.165) is 19.3 Å². The Balaban J connectivity index is 0.00000341. The monoisotopic (exact) mass is 428 g/mol. The lowest BCUT2D eigenvalue weighted by molar-refractivity contribution is -0.122. The number of carbonyl (C=O) groups excluding carboxylic acids is 1. The van der Waals surface area contributed by atoms with Crippen LogP contribution in [-0.2, 0) is 17.6 Å². The first-order chi connectivity index (χ1) is 14.5. The zero-order valence-corrected chi connectivity index (χ0v) is 20.4. The Hall–Kier alpha value is -1.81. The molecule has 0 unspecified atom stereocenters. The number of aromatic nitrogens is 1. The lowest BCUT2D eigenvalue weighted by Crippen LogP contribution is -2.43. The van der Waals surface area contributed by atoms with Crippen molar-refractivity contribution in [3.8, 4) is 0 Å². The molecule has 0 amide bonds. The number of Topliss-reactive ketones (excluding diaryl/α,β-unsaturated/α-hetero) is 1. The second-order valence-corrected chi connectivity index (χ2v) is 9.77. The molecule has 0 spiro atoms. The summed E-state index contributed by atoms with van der Waals surface area (Å²) in [5, 5.41) is 1.36. The van der Waals surface area contributed by atoms with E-state index < -0.39 is 0 Å². The number of rotatable bonds is 9. The highest BCUT2D eigenvalue weighted by Gasteiger charge is 2.32. The summed E-state index contributed by atoms with van der Waals surface area (Å²) in [6.45, 7) is 8.86. The number of aryl methyl sites for hydroxylation is 1. The predicted octanol–water partition coefficient (Wildman–Crippen LogP) is 6.25. The van der Waals surface area contributed by atoms with Gasteiger partial charge in [-0.15, -0.1) is 0 Å². The molecule has 2 atom stereocenters. The van der Waals surface area contributed by atoms with Gasteiger partial charge in [-0.1, -0.05) is 72.3 Å². The Labute approximate surface area is 189 Å². The van der Waals surface area contributed by atoms with Gasteiger partial charge in [-0.3, -0.25) is 4.79 Å². The number of carbonyl (C=O) groups is 1. The Morgan fingerprint density at radius 1 is 1.06 bits per heavy atom. The van der Waals surface area contributed by atoms with Gasteiger partial charge < -0.3 is 15.4 Å². The number of ketones is 1.